The van der Waals surface area contributed by atoms with E-state index in [-0.39, 0.29) is 24.5 Å². The lowest BCUT2D eigenvalue weighted by Gasteiger charge is -2.35. The Morgan fingerprint density at radius 2 is 1.72 bits per heavy atom. The van der Waals surface area contributed by atoms with E-state index in [4.69, 9.17) is 4.74 Å². The van der Waals surface area contributed by atoms with Gasteiger partial charge < -0.3 is 19.9 Å². The topological polar surface area (TPSA) is 65.1 Å². The summed E-state index contributed by atoms with van der Waals surface area (Å²) < 4.78 is 5.72. The van der Waals surface area contributed by atoms with Crippen LogP contribution in [-0.2, 0) is 9.59 Å². The van der Waals surface area contributed by atoms with Crippen LogP contribution in [0.3, 0.4) is 0 Å². The van der Waals surface area contributed by atoms with Crippen molar-refractivity contribution in [3.8, 4) is 5.75 Å². The first-order chi connectivity index (χ1) is 15.6. The second-order valence-electron chi connectivity index (χ2n) is 8.57. The van der Waals surface area contributed by atoms with Crippen LogP contribution in [0.15, 0.2) is 54.6 Å². The number of nitrogens with one attached hydrogen (secondary N) is 1. The van der Waals surface area contributed by atoms with Gasteiger partial charge in [-0.3, -0.25) is 14.5 Å². The van der Waals surface area contributed by atoms with Gasteiger partial charge in [0.05, 0.1) is 6.04 Å². The van der Waals surface area contributed by atoms with Crippen molar-refractivity contribution in [1.82, 2.24) is 15.1 Å². The highest BCUT2D eigenvalue weighted by molar-refractivity contribution is 5.95. The van der Waals surface area contributed by atoms with E-state index in [2.05, 4.69) is 34.3 Å². The Bertz CT molecular complexity index is 895. The van der Waals surface area contributed by atoms with Gasteiger partial charge in [-0.1, -0.05) is 30.3 Å². The molecule has 2 aromatic carbocycles. The minimum absolute atomic E-state index is 0.0476. The van der Waals surface area contributed by atoms with Gasteiger partial charge in [-0.25, -0.2) is 0 Å². The molecule has 2 fully saturated rings. The van der Waals surface area contributed by atoms with Crippen LogP contribution < -0.4 is 15.0 Å². The molecule has 1 atom stereocenters. The van der Waals surface area contributed by atoms with E-state index >= 15 is 0 Å². The van der Waals surface area contributed by atoms with Gasteiger partial charge in [0, 0.05) is 51.4 Å². The number of anilines is 1. The second kappa shape index (κ2) is 10.6. The monoisotopic (exact) mass is 436 g/mol. The van der Waals surface area contributed by atoms with Crippen molar-refractivity contribution in [2.75, 3.05) is 57.8 Å². The summed E-state index contributed by atoms with van der Waals surface area (Å²) in [5, 5.41) is 3.15. The maximum atomic E-state index is 12.7. The Balaban J connectivity index is 1.32. The predicted molar refractivity (Wildman–Crippen MR) is 125 cm³/mol. The maximum absolute atomic E-state index is 12.7. The number of benzene rings is 2. The summed E-state index contributed by atoms with van der Waals surface area (Å²) in [7, 11) is 2.14. The molecule has 7 nitrogen and oxygen atoms in total. The molecular formula is C25H32N4O3. The first kappa shape index (κ1) is 22.3. The first-order valence-corrected chi connectivity index (χ1v) is 11.4. The molecule has 2 heterocycles. The Morgan fingerprint density at radius 1 is 1.00 bits per heavy atom. The zero-order chi connectivity index (χ0) is 22.3. The highest BCUT2D eigenvalue weighted by Gasteiger charge is 2.22. The maximum Gasteiger partial charge on any atom is 0.258 e. The van der Waals surface area contributed by atoms with E-state index in [0.717, 1.165) is 56.9 Å². The summed E-state index contributed by atoms with van der Waals surface area (Å²) in [5.41, 5.74) is 1.97. The van der Waals surface area contributed by atoms with E-state index in [9.17, 15) is 9.59 Å². The molecule has 1 N–H and O–H groups in total. The number of rotatable bonds is 8. The van der Waals surface area contributed by atoms with Crippen molar-refractivity contribution in [3.05, 3.63) is 60.2 Å². The van der Waals surface area contributed by atoms with Crippen LogP contribution in [0, 0.1) is 0 Å². The quantitative estimate of drug-likeness (QED) is 0.688. The predicted octanol–water partition coefficient (Wildman–Crippen LogP) is 2.30. The summed E-state index contributed by atoms with van der Waals surface area (Å²) in [6, 6.07) is 17.4. The van der Waals surface area contributed by atoms with Crippen molar-refractivity contribution in [1.29, 1.82) is 0 Å². The molecule has 0 radical (unpaired) electrons. The number of ether oxygens (including phenoxy) is 1. The molecule has 0 bridgehead atoms. The van der Waals surface area contributed by atoms with Gasteiger partial charge in [0.15, 0.2) is 6.61 Å². The van der Waals surface area contributed by atoms with Crippen LogP contribution in [0.5, 0.6) is 5.75 Å². The van der Waals surface area contributed by atoms with Crippen LogP contribution in [0.2, 0.25) is 0 Å². The van der Waals surface area contributed by atoms with Crippen LogP contribution in [0.25, 0.3) is 0 Å². The smallest absolute Gasteiger partial charge is 0.258 e. The highest BCUT2D eigenvalue weighted by atomic mass is 16.5. The molecule has 2 aliphatic heterocycles. The first-order valence-electron chi connectivity index (χ1n) is 11.4. The SMILES string of the molecule is CN1CCN(CC(NC(=O)COc2ccc(N3CCCC3=O)cc2)c2ccccc2)CC1. The summed E-state index contributed by atoms with van der Waals surface area (Å²) in [4.78, 5) is 31.1. The molecule has 0 saturated carbocycles. The molecular weight excluding hydrogens is 404 g/mol. The number of carbonyl (C=O) groups is 2. The average Bonchev–Trinajstić information content (AvgIpc) is 3.25. The van der Waals surface area contributed by atoms with E-state index in [0.29, 0.717) is 12.2 Å². The fraction of sp³-hybridized carbons (Fsp3) is 0.440. The number of hydrogen-bond donors (Lipinski definition) is 1. The van der Waals surface area contributed by atoms with Gasteiger partial charge in [0.25, 0.3) is 5.91 Å². The van der Waals surface area contributed by atoms with Gasteiger partial charge in [-0.05, 0) is 43.3 Å². The Hall–Kier alpha value is -2.90. The summed E-state index contributed by atoms with van der Waals surface area (Å²) >= 11 is 0. The van der Waals surface area contributed by atoms with E-state index < -0.39 is 0 Å². The van der Waals surface area contributed by atoms with Crippen molar-refractivity contribution in [2.45, 2.75) is 18.9 Å². The fourth-order valence-corrected chi connectivity index (χ4v) is 4.24. The standard InChI is InChI=1S/C25H32N4O3/c1-27-14-16-28(17-15-27)18-23(20-6-3-2-4-7-20)26-24(30)19-32-22-11-9-21(10-12-22)29-13-5-8-25(29)31/h2-4,6-7,9-12,23H,5,8,13-19H2,1H3,(H,26,30). The number of nitrogens with zero attached hydrogens (tertiary/aromatic N) is 3. The van der Waals surface area contributed by atoms with E-state index in [1.165, 1.54) is 0 Å². The summed E-state index contributed by atoms with van der Waals surface area (Å²) in [6.07, 6.45) is 1.50. The lowest BCUT2D eigenvalue weighted by molar-refractivity contribution is -0.124. The van der Waals surface area contributed by atoms with Crippen LogP contribution in [0.1, 0.15) is 24.4 Å². The minimum atomic E-state index is -0.147. The fourth-order valence-electron chi connectivity index (χ4n) is 4.24. The zero-order valence-electron chi connectivity index (χ0n) is 18.7. The molecule has 2 aromatic rings. The van der Waals surface area contributed by atoms with Crippen LogP contribution in [0.4, 0.5) is 5.69 Å². The van der Waals surface area contributed by atoms with Crippen molar-refractivity contribution >= 4 is 17.5 Å². The normalized spacial score (nSPS) is 18.5. The molecule has 4 rings (SSSR count). The number of carbonyl (C=O) groups excluding carboxylic acids is 2. The lowest BCUT2D eigenvalue weighted by Crippen LogP contribution is -2.48. The molecule has 0 aliphatic carbocycles. The largest absolute Gasteiger partial charge is 0.484 e. The van der Waals surface area contributed by atoms with Crippen molar-refractivity contribution in [2.24, 2.45) is 0 Å². The molecule has 32 heavy (non-hydrogen) atoms. The minimum Gasteiger partial charge on any atom is -0.484 e. The molecule has 2 aliphatic rings. The van der Waals surface area contributed by atoms with Gasteiger partial charge in [-0.2, -0.15) is 0 Å². The van der Waals surface area contributed by atoms with Crippen LogP contribution >= 0.6 is 0 Å². The molecule has 2 amide bonds. The third-order valence-electron chi connectivity index (χ3n) is 6.17. The van der Waals surface area contributed by atoms with Gasteiger partial charge in [-0.15, -0.1) is 0 Å². The van der Waals surface area contributed by atoms with Gasteiger partial charge >= 0.3 is 0 Å². The molecule has 170 valence electrons. The molecule has 1 unspecified atom stereocenters. The zero-order valence-corrected chi connectivity index (χ0v) is 18.7. The van der Waals surface area contributed by atoms with Gasteiger partial charge in [0.2, 0.25) is 5.91 Å². The number of hydrogen-bond acceptors (Lipinski definition) is 5. The third-order valence-corrected chi connectivity index (χ3v) is 6.17. The van der Waals surface area contributed by atoms with E-state index in [1.54, 1.807) is 4.90 Å². The lowest BCUT2D eigenvalue weighted by atomic mass is 10.1. The van der Waals surface area contributed by atoms with Crippen molar-refractivity contribution < 1.29 is 14.3 Å². The Morgan fingerprint density at radius 3 is 2.38 bits per heavy atom. The Kier molecular flexibility index (Phi) is 7.39. The molecule has 2 saturated heterocycles. The highest BCUT2D eigenvalue weighted by Crippen LogP contribution is 2.24. The number of likely N-dealkylation sites (N-methyl/N-ethyl adjacent to an activating group) is 1. The summed E-state index contributed by atoms with van der Waals surface area (Å²) in [5.74, 6) is 0.628. The summed E-state index contributed by atoms with van der Waals surface area (Å²) in [6.45, 7) is 5.57. The average molecular weight is 437 g/mol. The molecule has 7 heteroatoms. The third kappa shape index (κ3) is 5.87. The van der Waals surface area contributed by atoms with Crippen molar-refractivity contribution in [3.63, 3.8) is 0 Å². The number of amides is 2. The number of piperazine rings is 1. The molecule has 0 spiro atoms. The van der Waals surface area contributed by atoms with Crippen LogP contribution in [-0.4, -0.2) is 74.5 Å². The Labute approximate surface area is 189 Å². The van der Waals surface area contributed by atoms with E-state index in [1.807, 2.05) is 42.5 Å². The molecule has 0 aromatic heterocycles. The second-order valence-corrected chi connectivity index (χ2v) is 8.57. The van der Waals surface area contributed by atoms with Gasteiger partial charge in [0.1, 0.15) is 5.75 Å².